The molecule has 76 valence electrons. The van der Waals surface area contributed by atoms with E-state index in [9.17, 15) is 0 Å². The molecule has 0 amide bonds. The van der Waals surface area contributed by atoms with E-state index in [-0.39, 0.29) is 0 Å². The van der Waals surface area contributed by atoms with Gasteiger partial charge < -0.3 is 0 Å². The maximum Gasteiger partial charge on any atom is 0.0761 e. The van der Waals surface area contributed by atoms with Crippen LogP contribution in [0.1, 0.15) is 0 Å². The van der Waals surface area contributed by atoms with Crippen LogP contribution >= 0.6 is 11.8 Å². The van der Waals surface area contributed by atoms with Crippen molar-refractivity contribution in [1.82, 2.24) is 0 Å². The van der Waals surface area contributed by atoms with Gasteiger partial charge in [0.2, 0.25) is 0 Å². The van der Waals surface area contributed by atoms with Gasteiger partial charge in [0.05, 0.1) is 5.69 Å². The lowest BCUT2D eigenvalue weighted by atomic mass is 10.2. The van der Waals surface area contributed by atoms with E-state index in [0.717, 1.165) is 5.69 Å². The molecule has 0 saturated carbocycles. The van der Waals surface area contributed by atoms with E-state index in [1.165, 1.54) is 4.90 Å². The normalized spacial score (nSPS) is 15.5. The van der Waals surface area contributed by atoms with Crippen LogP contribution in [0.5, 0.6) is 0 Å². The predicted octanol–water partition coefficient (Wildman–Crippen LogP) is 3.85. The van der Waals surface area contributed by atoms with Gasteiger partial charge in [-0.15, -0.1) is 11.8 Å². The van der Waals surface area contributed by atoms with Crippen LogP contribution < -0.4 is 0 Å². The minimum atomic E-state index is 0.361. The summed E-state index contributed by atoms with van der Waals surface area (Å²) in [5.74, 6) is 0.361. The molecular formula is C13H13NS. The number of para-hydroxylation sites is 1. The second-order valence-electron chi connectivity index (χ2n) is 3.30. The first-order valence-corrected chi connectivity index (χ1v) is 6.15. The monoisotopic (exact) mass is 215 g/mol. The van der Waals surface area contributed by atoms with Crippen LogP contribution in [0.15, 0.2) is 58.5 Å². The SMILES string of the molecule is CSc1ccccc1N=CC1C=CC=C1. The van der Waals surface area contributed by atoms with E-state index in [1.54, 1.807) is 11.8 Å². The zero-order valence-electron chi connectivity index (χ0n) is 8.63. The van der Waals surface area contributed by atoms with Crippen molar-refractivity contribution in [2.24, 2.45) is 10.9 Å². The summed E-state index contributed by atoms with van der Waals surface area (Å²) in [4.78, 5) is 5.73. The fraction of sp³-hybridized carbons (Fsp3) is 0.154. The Hall–Kier alpha value is -1.28. The molecule has 0 aliphatic heterocycles. The molecule has 2 heteroatoms. The highest BCUT2D eigenvalue weighted by molar-refractivity contribution is 7.98. The molecule has 1 aromatic rings. The lowest BCUT2D eigenvalue weighted by Crippen LogP contribution is -1.88. The third kappa shape index (κ3) is 2.60. The smallest absolute Gasteiger partial charge is 0.0761 e. The summed E-state index contributed by atoms with van der Waals surface area (Å²) in [6.07, 6.45) is 12.4. The van der Waals surface area contributed by atoms with Gasteiger partial charge in [-0.25, -0.2) is 0 Å². The second-order valence-corrected chi connectivity index (χ2v) is 4.15. The average Bonchev–Trinajstić information content (AvgIpc) is 2.79. The van der Waals surface area contributed by atoms with Crippen LogP contribution in [0, 0.1) is 5.92 Å². The molecule has 0 unspecified atom stereocenters. The molecule has 0 fully saturated rings. The largest absolute Gasteiger partial charge is 0.259 e. The fourth-order valence-corrected chi connectivity index (χ4v) is 2.00. The van der Waals surface area contributed by atoms with Crippen LogP contribution in [0.3, 0.4) is 0 Å². The van der Waals surface area contributed by atoms with Gasteiger partial charge >= 0.3 is 0 Å². The Morgan fingerprint density at radius 3 is 2.67 bits per heavy atom. The van der Waals surface area contributed by atoms with Crippen molar-refractivity contribution >= 4 is 23.7 Å². The number of hydrogen-bond acceptors (Lipinski definition) is 2. The van der Waals surface area contributed by atoms with Gasteiger partial charge in [0, 0.05) is 17.0 Å². The fourth-order valence-electron chi connectivity index (χ4n) is 1.45. The van der Waals surface area contributed by atoms with E-state index in [4.69, 9.17) is 0 Å². The van der Waals surface area contributed by atoms with Crippen molar-refractivity contribution in [1.29, 1.82) is 0 Å². The Morgan fingerprint density at radius 1 is 1.20 bits per heavy atom. The predicted molar refractivity (Wildman–Crippen MR) is 68.1 cm³/mol. The van der Waals surface area contributed by atoms with Gasteiger partial charge in [0.25, 0.3) is 0 Å². The summed E-state index contributed by atoms with van der Waals surface area (Å²) in [5, 5.41) is 0. The lowest BCUT2D eigenvalue weighted by molar-refractivity contribution is 1.19. The quantitative estimate of drug-likeness (QED) is 0.551. The van der Waals surface area contributed by atoms with Crippen molar-refractivity contribution < 1.29 is 0 Å². The summed E-state index contributed by atoms with van der Waals surface area (Å²) in [7, 11) is 0. The Morgan fingerprint density at radius 2 is 1.93 bits per heavy atom. The van der Waals surface area contributed by atoms with Crippen molar-refractivity contribution in [3.63, 3.8) is 0 Å². The van der Waals surface area contributed by atoms with Crippen molar-refractivity contribution in [3.05, 3.63) is 48.6 Å². The van der Waals surface area contributed by atoms with Crippen LogP contribution in [0.25, 0.3) is 0 Å². The molecule has 0 aromatic heterocycles. The number of aliphatic imine (C=N–C) groups is 1. The Labute approximate surface area is 94.6 Å². The van der Waals surface area contributed by atoms with Crippen LogP contribution in [-0.2, 0) is 0 Å². The van der Waals surface area contributed by atoms with Crippen molar-refractivity contribution in [2.75, 3.05) is 6.26 Å². The van der Waals surface area contributed by atoms with Crippen LogP contribution in [0.2, 0.25) is 0 Å². The minimum absolute atomic E-state index is 0.361. The minimum Gasteiger partial charge on any atom is -0.259 e. The second kappa shape index (κ2) is 4.99. The van der Waals surface area contributed by atoms with E-state index < -0.39 is 0 Å². The summed E-state index contributed by atoms with van der Waals surface area (Å²) >= 11 is 1.73. The number of hydrogen-bond donors (Lipinski definition) is 0. The highest BCUT2D eigenvalue weighted by atomic mass is 32.2. The molecule has 0 N–H and O–H groups in total. The molecule has 1 aromatic carbocycles. The first-order valence-electron chi connectivity index (χ1n) is 4.92. The molecule has 15 heavy (non-hydrogen) atoms. The van der Waals surface area contributed by atoms with E-state index in [1.807, 2.05) is 24.4 Å². The number of thioether (sulfide) groups is 1. The summed E-state index contributed by atoms with van der Waals surface area (Å²) in [6, 6.07) is 8.20. The standard InChI is InChI=1S/C13H13NS/c1-15-13-9-5-4-8-12(13)14-10-11-6-2-3-7-11/h2-11H,1H3. The highest BCUT2D eigenvalue weighted by Gasteiger charge is 2.00. The molecule has 0 saturated heterocycles. The first kappa shape index (κ1) is 10.2. The third-order valence-corrected chi connectivity index (χ3v) is 3.03. The number of allylic oxidation sites excluding steroid dienone is 4. The molecule has 1 aliphatic rings. The molecule has 1 nitrogen and oxygen atoms in total. The molecule has 0 radical (unpaired) electrons. The van der Waals surface area contributed by atoms with Crippen molar-refractivity contribution in [2.45, 2.75) is 4.90 Å². The maximum absolute atomic E-state index is 4.51. The summed E-state index contributed by atoms with van der Waals surface area (Å²) in [5.41, 5.74) is 1.05. The Bertz CT molecular complexity index is 406. The zero-order chi connectivity index (χ0) is 10.5. The lowest BCUT2D eigenvalue weighted by Gasteiger charge is -2.01. The van der Waals surface area contributed by atoms with Crippen LogP contribution in [-0.4, -0.2) is 12.5 Å². The maximum atomic E-state index is 4.51. The van der Waals surface area contributed by atoms with Gasteiger partial charge in [-0.2, -0.15) is 0 Å². The molecule has 0 heterocycles. The Balaban J connectivity index is 2.16. The van der Waals surface area contributed by atoms with Gasteiger partial charge in [-0.1, -0.05) is 36.4 Å². The van der Waals surface area contributed by atoms with E-state index >= 15 is 0 Å². The van der Waals surface area contributed by atoms with Gasteiger partial charge in [0.15, 0.2) is 0 Å². The summed E-state index contributed by atoms with van der Waals surface area (Å²) < 4.78 is 0. The molecule has 2 rings (SSSR count). The average molecular weight is 215 g/mol. The molecule has 1 aliphatic carbocycles. The number of benzene rings is 1. The van der Waals surface area contributed by atoms with Gasteiger partial charge in [0.1, 0.15) is 0 Å². The van der Waals surface area contributed by atoms with E-state index in [2.05, 4.69) is 41.6 Å². The molecular weight excluding hydrogens is 202 g/mol. The van der Waals surface area contributed by atoms with Crippen LogP contribution in [0.4, 0.5) is 5.69 Å². The van der Waals surface area contributed by atoms with Crippen molar-refractivity contribution in [3.8, 4) is 0 Å². The topological polar surface area (TPSA) is 12.4 Å². The number of rotatable bonds is 3. The zero-order valence-corrected chi connectivity index (χ0v) is 9.45. The molecule has 0 bridgehead atoms. The summed E-state index contributed by atoms with van der Waals surface area (Å²) in [6.45, 7) is 0. The Kier molecular flexibility index (Phi) is 3.41. The first-order chi connectivity index (χ1) is 7.40. The third-order valence-electron chi connectivity index (χ3n) is 2.25. The molecule has 0 atom stereocenters. The van der Waals surface area contributed by atoms with Gasteiger partial charge in [-0.3, -0.25) is 4.99 Å². The van der Waals surface area contributed by atoms with E-state index in [0.29, 0.717) is 5.92 Å². The number of nitrogens with zero attached hydrogens (tertiary/aromatic N) is 1. The highest BCUT2D eigenvalue weighted by Crippen LogP contribution is 2.27. The van der Waals surface area contributed by atoms with Gasteiger partial charge in [-0.05, 0) is 18.4 Å². The molecule has 0 spiro atoms.